The molecule has 0 heterocycles. The molecule has 19 heavy (non-hydrogen) atoms. The normalized spacial score (nSPS) is 13.1. The zero-order chi connectivity index (χ0) is 15.1. The summed E-state index contributed by atoms with van der Waals surface area (Å²) >= 11 is 0. The third kappa shape index (κ3) is 8.38. The summed E-state index contributed by atoms with van der Waals surface area (Å²) in [6, 6.07) is 0. The van der Waals surface area contributed by atoms with Crippen LogP contribution in [0.2, 0.25) is 0 Å². The quantitative estimate of drug-likeness (QED) is 0.689. The molecular formula is C16H34N2O. The Morgan fingerprint density at radius 1 is 0.947 bits per heavy atom. The molecule has 0 aromatic carbocycles. The summed E-state index contributed by atoms with van der Waals surface area (Å²) in [5, 5.41) is 0. The zero-order valence-electron chi connectivity index (χ0n) is 13.9. The molecule has 0 aliphatic rings. The van der Waals surface area contributed by atoms with Crippen LogP contribution in [-0.4, -0.2) is 35.9 Å². The Balaban J connectivity index is 4.30. The SMILES string of the molecule is CC(C)(C)C(=O)CN(CCCCCCN)C(C)(C)C. The minimum Gasteiger partial charge on any atom is -0.330 e. The number of Topliss-reactive ketones (excluding diaryl/α,β-unsaturated/α-hetero) is 1. The molecule has 2 N–H and O–H groups in total. The van der Waals surface area contributed by atoms with Gasteiger partial charge in [-0.1, -0.05) is 33.6 Å². The van der Waals surface area contributed by atoms with Gasteiger partial charge in [0.15, 0.2) is 5.78 Å². The number of hydrogen-bond donors (Lipinski definition) is 1. The molecule has 0 saturated carbocycles. The van der Waals surface area contributed by atoms with Gasteiger partial charge in [-0.3, -0.25) is 9.69 Å². The first kappa shape index (κ1) is 18.6. The highest BCUT2D eigenvalue weighted by Gasteiger charge is 2.28. The number of hydrogen-bond acceptors (Lipinski definition) is 3. The Morgan fingerprint density at radius 2 is 1.47 bits per heavy atom. The summed E-state index contributed by atoms with van der Waals surface area (Å²) in [5.41, 5.74) is 5.30. The van der Waals surface area contributed by atoms with Crippen LogP contribution in [0.3, 0.4) is 0 Å². The fourth-order valence-corrected chi connectivity index (χ4v) is 1.86. The number of unbranched alkanes of at least 4 members (excludes halogenated alkanes) is 3. The van der Waals surface area contributed by atoms with Gasteiger partial charge in [-0.25, -0.2) is 0 Å². The number of rotatable bonds is 8. The highest BCUT2D eigenvalue weighted by molar-refractivity contribution is 5.85. The predicted octanol–water partition coefficient (Wildman–Crippen LogP) is 3.22. The lowest BCUT2D eigenvalue weighted by molar-refractivity contribution is -0.128. The molecule has 0 aromatic heterocycles. The lowest BCUT2D eigenvalue weighted by Crippen LogP contribution is -2.47. The van der Waals surface area contributed by atoms with Crippen LogP contribution in [0.15, 0.2) is 0 Å². The Hall–Kier alpha value is -0.410. The van der Waals surface area contributed by atoms with Crippen LogP contribution < -0.4 is 5.73 Å². The van der Waals surface area contributed by atoms with Crippen LogP contribution >= 0.6 is 0 Å². The van der Waals surface area contributed by atoms with E-state index in [1.165, 1.54) is 12.8 Å². The van der Waals surface area contributed by atoms with Crippen molar-refractivity contribution in [3.05, 3.63) is 0 Å². The topological polar surface area (TPSA) is 46.3 Å². The third-order valence-corrected chi connectivity index (χ3v) is 3.50. The Kier molecular flexibility index (Phi) is 7.83. The van der Waals surface area contributed by atoms with Crippen molar-refractivity contribution in [2.24, 2.45) is 11.1 Å². The number of carbonyl (C=O) groups excluding carboxylic acids is 1. The Morgan fingerprint density at radius 3 is 1.89 bits per heavy atom. The second-order valence-corrected chi connectivity index (χ2v) is 7.47. The Labute approximate surface area is 119 Å². The largest absolute Gasteiger partial charge is 0.330 e. The third-order valence-electron chi connectivity index (χ3n) is 3.50. The summed E-state index contributed by atoms with van der Waals surface area (Å²) in [6.07, 6.45) is 4.65. The molecule has 0 rings (SSSR count). The molecule has 114 valence electrons. The van der Waals surface area contributed by atoms with Crippen molar-refractivity contribution in [1.29, 1.82) is 0 Å². The van der Waals surface area contributed by atoms with Gasteiger partial charge in [0.1, 0.15) is 0 Å². The molecule has 0 unspecified atom stereocenters. The van der Waals surface area contributed by atoms with Crippen LogP contribution in [0.4, 0.5) is 0 Å². The van der Waals surface area contributed by atoms with E-state index in [1.54, 1.807) is 0 Å². The van der Waals surface area contributed by atoms with E-state index < -0.39 is 0 Å². The van der Waals surface area contributed by atoms with E-state index in [9.17, 15) is 4.79 Å². The van der Waals surface area contributed by atoms with Gasteiger partial charge in [0.05, 0.1) is 6.54 Å². The van der Waals surface area contributed by atoms with Crippen molar-refractivity contribution in [3.63, 3.8) is 0 Å². The molecule has 0 aromatic rings. The van der Waals surface area contributed by atoms with Crippen molar-refractivity contribution in [1.82, 2.24) is 4.90 Å². The fraction of sp³-hybridized carbons (Fsp3) is 0.938. The molecule has 0 amide bonds. The van der Waals surface area contributed by atoms with E-state index in [-0.39, 0.29) is 11.0 Å². The Bertz CT molecular complexity index is 261. The predicted molar refractivity (Wildman–Crippen MR) is 83.3 cm³/mol. The zero-order valence-corrected chi connectivity index (χ0v) is 13.9. The first-order chi connectivity index (χ1) is 8.59. The maximum Gasteiger partial charge on any atom is 0.152 e. The molecule has 0 radical (unpaired) electrons. The molecule has 0 spiro atoms. The summed E-state index contributed by atoms with van der Waals surface area (Å²) in [5.74, 6) is 0.324. The number of nitrogens with two attached hydrogens (primary N) is 1. The summed E-state index contributed by atoms with van der Waals surface area (Å²) in [7, 11) is 0. The molecular weight excluding hydrogens is 236 g/mol. The van der Waals surface area contributed by atoms with Crippen molar-refractivity contribution in [2.45, 2.75) is 72.8 Å². The minimum absolute atomic E-state index is 0.0504. The van der Waals surface area contributed by atoms with Crippen LogP contribution in [0, 0.1) is 5.41 Å². The van der Waals surface area contributed by atoms with E-state index in [2.05, 4.69) is 25.7 Å². The van der Waals surface area contributed by atoms with Crippen molar-refractivity contribution < 1.29 is 4.79 Å². The maximum absolute atomic E-state index is 12.2. The van der Waals surface area contributed by atoms with E-state index in [0.29, 0.717) is 12.3 Å². The second-order valence-electron chi connectivity index (χ2n) is 7.47. The molecule has 0 fully saturated rings. The number of carbonyl (C=O) groups is 1. The van der Waals surface area contributed by atoms with E-state index in [1.807, 2.05) is 20.8 Å². The summed E-state index contributed by atoms with van der Waals surface area (Å²) in [4.78, 5) is 14.5. The lowest BCUT2D eigenvalue weighted by Gasteiger charge is -2.36. The average Bonchev–Trinajstić information content (AvgIpc) is 2.24. The van der Waals surface area contributed by atoms with Gasteiger partial charge in [-0.15, -0.1) is 0 Å². The van der Waals surface area contributed by atoms with Gasteiger partial charge in [-0.05, 0) is 46.7 Å². The van der Waals surface area contributed by atoms with Gasteiger partial charge < -0.3 is 5.73 Å². The second kappa shape index (κ2) is 8.01. The summed E-state index contributed by atoms with van der Waals surface area (Å²) in [6.45, 7) is 14.9. The number of ketones is 1. The van der Waals surface area contributed by atoms with Crippen LogP contribution in [0.25, 0.3) is 0 Å². The first-order valence-electron chi connectivity index (χ1n) is 7.57. The average molecular weight is 270 g/mol. The van der Waals surface area contributed by atoms with E-state index in [4.69, 9.17) is 5.73 Å². The molecule has 0 aliphatic heterocycles. The van der Waals surface area contributed by atoms with Gasteiger partial charge >= 0.3 is 0 Å². The maximum atomic E-state index is 12.2. The van der Waals surface area contributed by atoms with Crippen LogP contribution in [0.1, 0.15) is 67.2 Å². The minimum atomic E-state index is -0.247. The highest BCUT2D eigenvalue weighted by atomic mass is 16.1. The van der Waals surface area contributed by atoms with Gasteiger partial charge in [0, 0.05) is 11.0 Å². The molecule has 0 atom stereocenters. The smallest absolute Gasteiger partial charge is 0.152 e. The summed E-state index contributed by atoms with van der Waals surface area (Å²) < 4.78 is 0. The van der Waals surface area contributed by atoms with Crippen LogP contribution in [0.5, 0.6) is 0 Å². The monoisotopic (exact) mass is 270 g/mol. The van der Waals surface area contributed by atoms with E-state index >= 15 is 0 Å². The highest BCUT2D eigenvalue weighted by Crippen LogP contribution is 2.20. The van der Waals surface area contributed by atoms with Crippen LogP contribution in [-0.2, 0) is 4.79 Å². The molecule has 0 saturated heterocycles. The van der Waals surface area contributed by atoms with Crippen molar-refractivity contribution in [2.75, 3.05) is 19.6 Å². The van der Waals surface area contributed by atoms with E-state index in [0.717, 1.165) is 25.9 Å². The molecule has 0 aliphatic carbocycles. The van der Waals surface area contributed by atoms with Crippen molar-refractivity contribution >= 4 is 5.78 Å². The van der Waals surface area contributed by atoms with Gasteiger partial charge in [-0.2, -0.15) is 0 Å². The van der Waals surface area contributed by atoms with Gasteiger partial charge in [0.25, 0.3) is 0 Å². The molecule has 0 bridgehead atoms. The molecule has 3 nitrogen and oxygen atoms in total. The van der Waals surface area contributed by atoms with Crippen molar-refractivity contribution in [3.8, 4) is 0 Å². The first-order valence-corrected chi connectivity index (χ1v) is 7.57. The van der Waals surface area contributed by atoms with Gasteiger partial charge in [0.2, 0.25) is 0 Å². The molecule has 3 heteroatoms. The fourth-order valence-electron chi connectivity index (χ4n) is 1.86. The number of nitrogens with zero attached hydrogens (tertiary/aromatic N) is 1. The standard InChI is InChI=1S/C16H34N2O/c1-15(2,3)14(19)13-18(16(4,5)6)12-10-8-7-9-11-17/h7-13,17H2,1-6H3. The lowest BCUT2D eigenvalue weighted by atomic mass is 9.89.